The van der Waals surface area contributed by atoms with E-state index < -0.39 is 6.10 Å². The van der Waals surface area contributed by atoms with Gasteiger partial charge in [0, 0.05) is 6.42 Å². The van der Waals surface area contributed by atoms with E-state index in [4.69, 9.17) is 0 Å². The lowest BCUT2D eigenvalue weighted by Gasteiger charge is -2.57. The maximum atomic E-state index is 11.1. The van der Waals surface area contributed by atoms with Crippen LogP contribution < -0.4 is 0 Å². The lowest BCUT2D eigenvalue weighted by Crippen LogP contribution is -2.58. The third-order valence-electron chi connectivity index (χ3n) is 3.70. The molecule has 2 bridgehead atoms. The van der Waals surface area contributed by atoms with E-state index in [2.05, 4.69) is 13.8 Å². The normalized spacial score (nSPS) is 46.8. The molecule has 0 amide bonds. The zero-order valence-corrected chi connectivity index (χ0v) is 7.00. The molecule has 0 heterocycles. The van der Waals surface area contributed by atoms with E-state index >= 15 is 0 Å². The Balaban J connectivity index is 2.23. The highest BCUT2D eigenvalue weighted by atomic mass is 16.3. The van der Waals surface area contributed by atoms with Gasteiger partial charge in [0.2, 0.25) is 0 Å². The van der Waals surface area contributed by atoms with Gasteiger partial charge in [-0.1, -0.05) is 13.8 Å². The molecule has 1 N–H and O–H groups in total. The standard InChI is InChI=1S/C9H14O2/c1-9(2)5-3-6(9)8(11)7(10)4-5/h5-6,8,11H,3-4H2,1-2H3. The van der Waals surface area contributed by atoms with Gasteiger partial charge in [-0.2, -0.15) is 0 Å². The monoisotopic (exact) mass is 154 g/mol. The first-order valence-electron chi connectivity index (χ1n) is 4.24. The summed E-state index contributed by atoms with van der Waals surface area (Å²) in [6, 6.07) is 0. The Hall–Kier alpha value is -0.370. The Morgan fingerprint density at radius 2 is 2.18 bits per heavy atom. The van der Waals surface area contributed by atoms with Crippen molar-refractivity contribution >= 4 is 5.78 Å². The van der Waals surface area contributed by atoms with E-state index in [0.29, 0.717) is 12.3 Å². The van der Waals surface area contributed by atoms with Crippen molar-refractivity contribution in [3.63, 3.8) is 0 Å². The highest BCUT2D eigenvalue weighted by Gasteiger charge is 2.57. The molecule has 0 radical (unpaired) electrons. The highest BCUT2D eigenvalue weighted by molar-refractivity contribution is 5.85. The van der Waals surface area contributed by atoms with Gasteiger partial charge in [-0.25, -0.2) is 0 Å². The smallest absolute Gasteiger partial charge is 0.161 e. The maximum Gasteiger partial charge on any atom is 0.161 e. The second kappa shape index (κ2) is 1.86. The minimum atomic E-state index is -0.657. The Kier molecular flexibility index (Phi) is 1.23. The van der Waals surface area contributed by atoms with Crippen molar-refractivity contribution in [1.29, 1.82) is 0 Å². The van der Waals surface area contributed by atoms with Crippen molar-refractivity contribution in [2.45, 2.75) is 32.8 Å². The van der Waals surface area contributed by atoms with Crippen molar-refractivity contribution in [1.82, 2.24) is 0 Å². The maximum absolute atomic E-state index is 11.1. The van der Waals surface area contributed by atoms with Crippen LogP contribution in [0.5, 0.6) is 0 Å². The number of carbonyl (C=O) groups excluding carboxylic acids is 1. The average Bonchev–Trinajstić information content (AvgIpc) is 1.93. The second-order valence-corrected chi connectivity index (χ2v) is 4.48. The van der Waals surface area contributed by atoms with Crippen LogP contribution in [-0.4, -0.2) is 17.0 Å². The molecule has 62 valence electrons. The summed E-state index contributed by atoms with van der Waals surface area (Å²) in [5.41, 5.74) is 0.216. The summed E-state index contributed by atoms with van der Waals surface area (Å²) in [7, 11) is 0. The molecule has 2 nitrogen and oxygen atoms in total. The zero-order valence-electron chi connectivity index (χ0n) is 7.00. The lowest BCUT2D eigenvalue weighted by atomic mass is 9.47. The number of hydrogen-bond donors (Lipinski definition) is 1. The molecule has 2 heteroatoms. The predicted octanol–water partition coefficient (Wildman–Crippen LogP) is 0.982. The van der Waals surface area contributed by atoms with Gasteiger partial charge >= 0.3 is 0 Å². The number of rotatable bonds is 0. The SMILES string of the molecule is CC1(C)C2CC(=O)C(O)C1C2. The van der Waals surface area contributed by atoms with Crippen LogP contribution >= 0.6 is 0 Å². The molecule has 3 saturated carbocycles. The summed E-state index contributed by atoms with van der Waals surface area (Å²) in [6.45, 7) is 4.31. The minimum Gasteiger partial charge on any atom is -0.385 e. The number of fused-ring (bicyclic) bond motifs is 2. The number of Topliss-reactive ketones (excluding diaryl/α,β-unsaturated/α-hetero) is 1. The third-order valence-corrected chi connectivity index (χ3v) is 3.70. The summed E-state index contributed by atoms with van der Waals surface area (Å²) in [6.07, 6.45) is 1.000. The Morgan fingerprint density at radius 1 is 1.55 bits per heavy atom. The predicted molar refractivity (Wildman–Crippen MR) is 41.0 cm³/mol. The summed E-state index contributed by atoms with van der Waals surface area (Å²) < 4.78 is 0. The first kappa shape index (κ1) is 7.29. The molecule has 11 heavy (non-hydrogen) atoms. The first-order chi connectivity index (χ1) is 5.03. The number of hydrogen-bond acceptors (Lipinski definition) is 2. The zero-order chi connectivity index (χ0) is 8.22. The molecule has 3 aliphatic rings. The van der Waals surface area contributed by atoms with Crippen molar-refractivity contribution in [2.24, 2.45) is 17.3 Å². The average molecular weight is 154 g/mol. The van der Waals surface area contributed by atoms with Gasteiger partial charge in [0.05, 0.1) is 0 Å². The van der Waals surface area contributed by atoms with E-state index in [1.165, 1.54) is 0 Å². The topological polar surface area (TPSA) is 37.3 Å². The fourth-order valence-corrected chi connectivity index (χ4v) is 2.53. The molecule has 0 aliphatic heterocycles. The molecule has 3 aliphatic carbocycles. The summed E-state index contributed by atoms with van der Waals surface area (Å²) >= 11 is 0. The van der Waals surface area contributed by atoms with E-state index in [-0.39, 0.29) is 17.1 Å². The number of aliphatic hydroxyl groups is 1. The van der Waals surface area contributed by atoms with Crippen LogP contribution in [0, 0.1) is 17.3 Å². The summed E-state index contributed by atoms with van der Waals surface area (Å²) in [5.74, 6) is 0.850. The molecule has 0 aromatic heterocycles. The lowest BCUT2D eigenvalue weighted by molar-refractivity contribution is -0.168. The molecule has 3 atom stereocenters. The van der Waals surface area contributed by atoms with Crippen molar-refractivity contribution in [3.8, 4) is 0 Å². The van der Waals surface area contributed by atoms with Gasteiger partial charge in [0.25, 0.3) is 0 Å². The Labute approximate surface area is 66.6 Å². The first-order valence-corrected chi connectivity index (χ1v) is 4.24. The molecule has 3 unspecified atom stereocenters. The van der Waals surface area contributed by atoms with E-state index in [1.54, 1.807) is 0 Å². The van der Waals surface area contributed by atoms with Gasteiger partial charge in [-0.3, -0.25) is 4.79 Å². The van der Waals surface area contributed by atoms with Crippen LogP contribution in [-0.2, 0) is 4.79 Å². The van der Waals surface area contributed by atoms with E-state index in [1.807, 2.05) is 0 Å². The largest absolute Gasteiger partial charge is 0.385 e. The number of ketones is 1. The molecule has 0 aromatic carbocycles. The fraction of sp³-hybridized carbons (Fsp3) is 0.889. The van der Waals surface area contributed by atoms with Crippen LogP contribution in [0.15, 0.2) is 0 Å². The van der Waals surface area contributed by atoms with Crippen LogP contribution in [0.1, 0.15) is 26.7 Å². The summed E-state index contributed by atoms with van der Waals surface area (Å²) in [5, 5.41) is 9.47. The van der Waals surface area contributed by atoms with E-state index in [9.17, 15) is 9.90 Å². The number of carbonyl (C=O) groups is 1. The third kappa shape index (κ3) is 0.734. The number of aliphatic hydroxyl groups excluding tert-OH is 1. The van der Waals surface area contributed by atoms with Crippen molar-refractivity contribution < 1.29 is 9.90 Å². The van der Waals surface area contributed by atoms with Crippen LogP contribution in [0.3, 0.4) is 0 Å². The van der Waals surface area contributed by atoms with Gasteiger partial charge in [-0.15, -0.1) is 0 Å². The van der Waals surface area contributed by atoms with Gasteiger partial charge in [0.15, 0.2) is 5.78 Å². The van der Waals surface area contributed by atoms with Crippen LogP contribution in [0.4, 0.5) is 0 Å². The van der Waals surface area contributed by atoms with E-state index in [0.717, 1.165) is 6.42 Å². The van der Waals surface area contributed by atoms with Crippen molar-refractivity contribution in [3.05, 3.63) is 0 Å². The molecule has 0 spiro atoms. The summed E-state index contributed by atoms with van der Waals surface area (Å²) in [4.78, 5) is 11.1. The van der Waals surface area contributed by atoms with Crippen molar-refractivity contribution in [2.75, 3.05) is 0 Å². The Bertz CT molecular complexity index is 208. The van der Waals surface area contributed by atoms with Gasteiger partial charge in [-0.05, 0) is 23.7 Å². The highest BCUT2D eigenvalue weighted by Crippen LogP contribution is 2.57. The molecular formula is C9H14O2. The quantitative estimate of drug-likeness (QED) is 0.564. The molecule has 0 saturated heterocycles. The Morgan fingerprint density at radius 3 is 2.55 bits per heavy atom. The van der Waals surface area contributed by atoms with Gasteiger partial charge < -0.3 is 5.11 Å². The molecule has 0 aromatic rings. The van der Waals surface area contributed by atoms with Crippen LogP contribution in [0.2, 0.25) is 0 Å². The van der Waals surface area contributed by atoms with Crippen LogP contribution in [0.25, 0.3) is 0 Å². The minimum absolute atomic E-state index is 0.0607. The fourth-order valence-electron chi connectivity index (χ4n) is 2.53. The molecular weight excluding hydrogens is 140 g/mol. The van der Waals surface area contributed by atoms with Gasteiger partial charge in [0.1, 0.15) is 6.10 Å². The molecule has 3 rings (SSSR count). The second-order valence-electron chi connectivity index (χ2n) is 4.48. The molecule has 3 fully saturated rings.